The molecule has 0 radical (unpaired) electrons. The number of benzene rings is 1. The van der Waals surface area contributed by atoms with Crippen molar-refractivity contribution in [1.82, 2.24) is 14.6 Å². The monoisotopic (exact) mass is 349 g/mol. The van der Waals surface area contributed by atoms with E-state index in [1.807, 2.05) is 24.3 Å². The predicted octanol–water partition coefficient (Wildman–Crippen LogP) is 3.16. The van der Waals surface area contributed by atoms with Gasteiger partial charge in [0.15, 0.2) is 17.2 Å². The molecule has 0 saturated heterocycles. The third-order valence-corrected chi connectivity index (χ3v) is 5.02. The third kappa shape index (κ3) is 2.41. The molecule has 3 aromatic rings. The van der Waals surface area contributed by atoms with Crippen LogP contribution in [0.3, 0.4) is 0 Å². The first-order valence-corrected chi connectivity index (χ1v) is 8.55. The number of ether oxygens (including phenoxy) is 1. The molecule has 1 aliphatic carbocycles. The van der Waals surface area contributed by atoms with E-state index >= 15 is 0 Å². The first-order chi connectivity index (χ1) is 12.5. The standard InChI is InChI=1S/C20H19N3O3/c1-11-19(12(2)24)20-21-10-15-16(23(20)22-11)8-13(9-17(15)25)14-6-4-5-7-18(14)26-3/h4-7,10,13H,8-9H2,1-3H3. The number of Topliss-reactive ketones (excluding diaryl/α,β-unsaturated/α-hetero) is 2. The lowest BCUT2D eigenvalue weighted by molar-refractivity contribution is 0.0960. The van der Waals surface area contributed by atoms with E-state index in [9.17, 15) is 9.59 Å². The SMILES string of the molecule is COc1ccccc1C1CC(=O)c2cnc3c(C(C)=O)c(C)nn3c2C1. The highest BCUT2D eigenvalue weighted by Crippen LogP contribution is 2.37. The number of carbonyl (C=O) groups is 2. The topological polar surface area (TPSA) is 73.6 Å². The van der Waals surface area contributed by atoms with E-state index in [2.05, 4.69) is 10.1 Å². The fourth-order valence-electron chi connectivity index (χ4n) is 3.84. The molecule has 0 aliphatic heterocycles. The zero-order valence-electron chi connectivity index (χ0n) is 14.9. The lowest BCUT2D eigenvalue weighted by Gasteiger charge is -2.25. The molecule has 6 nitrogen and oxygen atoms in total. The van der Waals surface area contributed by atoms with E-state index < -0.39 is 0 Å². The van der Waals surface area contributed by atoms with Crippen molar-refractivity contribution in [2.24, 2.45) is 0 Å². The van der Waals surface area contributed by atoms with Gasteiger partial charge in [0.25, 0.3) is 0 Å². The number of fused-ring (bicyclic) bond motifs is 3. The van der Waals surface area contributed by atoms with Crippen molar-refractivity contribution in [3.05, 3.63) is 58.5 Å². The lowest BCUT2D eigenvalue weighted by atomic mass is 9.81. The number of aryl methyl sites for hydroxylation is 1. The number of methoxy groups -OCH3 is 1. The fourth-order valence-corrected chi connectivity index (χ4v) is 3.84. The van der Waals surface area contributed by atoms with Crippen LogP contribution in [0.1, 0.15) is 56.9 Å². The molecule has 26 heavy (non-hydrogen) atoms. The Morgan fingerprint density at radius 2 is 2.04 bits per heavy atom. The van der Waals surface area contributed by atoms with E-state index in [4.69, 9.17) is 4.74 Å². The summed E-state index contributed by atoms with van der Waals surface area (Å²) in [6.07, 6.45) is 2.62. The Kier molecular flexibility index (Phi) is 3.83. The molecular weight excluding hydrogens is 330 g/mol. The summed E-state index contributed by atoms with van der Waals surface area (Å²) in [6, 6.07) is 7.77. The van der Waals surface area contributed by atoms with Crippen molar-refractivity contribution in [2.75, 3.05) is 7.11 Å². The normalized spacial score (nSPS) is 16.6. The summed E-state index contributed by atoms with van der Waals surface area (Å²) in [5, 5.41) is 4.50. The van der Waals surface area contributed by atoms with Crippen LogP contribution in [-0.4, -0.2) is 33.3 Å². The van der Waals surface area contributed by atoms with E-state index in [1.54, 1.807) is 24.7 Å². The minimum Gasteiger partial charge on any atom is -0.496 e. The summed E-state index contributed by atoms with van der Waals surface area (Å²) in [7, 11) is 1.63. The van der Waals surface area contributed by atoms with Crippen LogP contribution in [-0.2, 0) is 6.42 Å². The van der Waals surface area contributed by atoms with Gasteiger partial charge in [-0.2, -0.15) is 5.10 Å². The van der Waals surface area contributed by atoms with Gasteiger partial charge in [0.1, 0.15) is 5.75 Å². The zero-order chi connectivity index (χ0) is 18.4. The van der Waals surface area contributed by atoms with Gasteiger partial charge in [-0.25, -0.2) is 9.50 Å². The summed E-state index contributed by atoms with van der Waals surface area (Å²) in [5.41, 5.74) is 4.06. The highest BCUT2D eigenvalue weighted by molar-refractivity contribution is 6.02. The summed E-state index contributed by atoms with van der Waals surface area (Å²) in [5.74, 6) is 0.740. The van der Waals surface area contributed by atoms with Crippen LogP contribution in [0.2, 0.25) is 0 Å². The summed E-state index contributed by atoms with van der Waals surface area (Å²) < 4.78 is 7.14. The van der Waals surface area contributed by atoms with E-state index in [0.717, 1.165) is 17.0 Å². The molecule has 0 amide bonds. The molecule has 132 valence electrons. The third-order valence-electron chi connectivity index (χ3n) is 5.02. The summed E-state index contributed by atoms with van der Waals surface area (Å²) in [6.45, 7) is 3.30. The Balaban J connectivity index is 1.88. The van der Waals surface area contributed by atoms with Gasteiger partial charge in [-0.3, -0.25) is 9.59 Å². The van der Waals surface area contributed by atoms with Gasteiger partial charge in [-0.05, 0) is 31.9 Å². The molecule has 0 N–H and O–H groups in total. The average molecular weight is 349 g/mol. The van der Waals surface area contributed by atoms with Gasteiger partial charge in [0.05, 0.1) is 29.6 Å². The van der Waals surface area contributed by atoms with Gasteiger partial charge in [0, 0.05) is 18.5 Å². The first-order valence-electron chi connectivity index (χ1n) is 8.55. The van der Waals surface area contributed by atoms with Crippen LogP contribution in [0, 0.1) is 6.92 Å². The number of aromatic nitrogens is 3. The second kappa shape index (κ2) is 6.05. The van der Waals surface area contributed by atoms with Crippen molar-refractivity contribution in [3.63, 3.8) is 0 Å². The van der Waals surface area contributed by atoms with Crippen molar-refractivity contribution in [1.29, 1.82) is 0 Å². The molecule has 6 heteroatoms. The predicted molar refractivity (Wildman–Crippen MR) is 96.1 cm³/mol. The zero-order valence-corrected chi connectivity index (χ0v) is 14.9. The van der Waals surface area contributed by atoms with Gasteiger partial charge < -0.3 is 4.74 Å². The minimum absolute atomic E-state index is 0.00188. The number of rotatable bonds is 3. The number of para-hydroxylation sites is 1. The van der Waals surface area contributed by atoms with Crippen molar-refractivity contribution in [3.8, 4) is 5.75 Å². The molecule has 0 spiro atoms. The molecule has 1 unspecified atom stereocenters. The fraction of sp³-hybridized carbons (Fsp3) is 0.300. The molecule has 1 atom stereocenters. The molecule has 0 saturated carbocycles. The molecule has 1 aliphatic rings. The van der Waals surface area contributed by atoms with Gasteiger partial charge in [-0.15, -0.1) is 0 Å². The Morgan fingerprint density at radius 3 is 2.77 bits per heavy atom. The van der Waals surface area contributed by atoms with Crippen LogP contribution in [0.5, 0.6) is 5.75 Å². The number of ketones is 2. The molecule has 2 aromatic heterocycles. The number of nitrogens with zero attached hydrogens (tertiary/aromatic N) is 3. The van der Waals surface area contributed by atoms with E-state index in [0.29, 0.717) is 35.3 Å². The highest BCUT2D eigenvalue weighted by atomic mass is 16.5. The molecule has 4 rings (SSSR count). The van der Waals surface area contributed by atoms with Crippen molar-refractivity contribution in [2.45, 2.75) is 32.6 Å². The molecular formula is C20H19N3O3. The number of carbonyl (C=O) groups excluding carboxylic acids is 2. The number of hydrogen-bond donors (Lipinski definition) is 0. The van der Waals surface area contributed by atoms with Crippen molar-refractivity contribution < 1.29 is 14.3 Å². The van der Waals surface area contributed by atoms with E-state index in [-0.39, 0.29) is 17.5 Å². The summed E-state index contributed by atoms with van der Waals surface area (Å²) in [4.78, 5) is 29.1. The van der Waals surface area contributed by atoms with Gasteiger partial charge in [0.2, 0.25) is 0 Å². The maximum Gasteiger partial charge on any atom is 0.166 e. The van der Waals surface area contributed by atoms with Gasteiger partial charge in [-0.1, -0.05) is 18.2 Å². The highest BCUT2D eigenvalue weighted by Gasteiger charge is 2.31. The Hall–Kier alpha value is -3.02. The van der Waals surface area contributed by atoms with Gasteiger partial charge >= 0.3 is 0 Å². The van der Waals surface area contributed by atoms with Crippen molar-refractivity contribution >= 4 is 17.2 Å². The largest absolute Gasteiger partial charge is 0.496 e. The Labute approximate surface area is 150 Å². The Morgan fingerprint density at radius 1 is 1.27 bits per heavy atom. The molecule has 1 aromatic carbocycles. The van der Waals surface area contributed by atoms with Crippen LogP contribution >= 0.6 is 0 Å². The second-order valence-electron chi connectivity index (χ2n) is 6.64. The Bertz CT molecular complexity index is 1050. The lowest BCUT2D eigenvalue weighted by Crippen LogP contribution is -2.23. The van der Waals surface area contributed by atoms with E-state index in [1.165, 1.54) is 6.92 Å². The maximum absolute atomic E-state index is 12.7. The summed E-state index contributed by atoms with van der Waals surface area (Å²) >= 11 is 0. The second-order valence-corrected chi connectivity index (χ2v) is 6.64. The molecule has 0 bridgehead atoms. The van der Waals surface area contributed by atoms with Crippen LogP contribution < -0.4 is 4.74 Å². The molecule has 2 heterocycles. The van der Waals surface area contributed by atoms with Crippen LogP contribution in [0.25, 0.3) is 5.65 Å². The first kappa shape index (κ1) is 16.4. The smallest absolute Gasteiger partial charge is 0.166 e. The number of hydrogen-bond acceptors (Lipinski definition) is 5. The average Bonchev–Trinajstić information content (AvgIpc) is 2.98. The van der Waals surface area contributed by atoms with Crippen LogP contribution in [0.4, 0.5) is 0 Å². The maximum atomic E-state index is 12.7. The quantitative estimate of drug-likeness (QED) is 0.679. The van der Waals surface area contributed by atoms with Crippen LogP contribution in [0.15, 0.2) is 30.5 Å². The molecule has 0 fully saturated rings. The minimum atomic E-state index is -0.0756.